The van der Waals surface area contributed by atoms with E-state index in [0.29, 0.717) is 12.5 Å². The summed E-state index contributed by atoms with van der Waals surface area (Å²) in [6.07, 6.45) is 1.22. The van der Waals surface area contributed by atoms with Crippen molar-refractivity contribution >= 4 is 0 Å². The summed E-state index contributed by atoms with van der Waals surface area (Å²) in [5, 5.41) is 4.42. The van der Waals surface area contributed by atoms with Crippen LogP contribution in [0.1, 0.15) is 29.5 Å². The molecule has 1 aliphatic rings. The topological polar surface area (TPSA) is 53.1 Å². The van der Waals surface area contributed by atoms with Crippen LogP contribution in [0.25, 0.3) is 0 Å². The van der Waals surface area contributed by atoms with E-state index in [-0.39, 0.29) is 6.10 Å². The Balaban J connectivity index is 2.36. The molecule has 2 heterocycles. The first-order valence-electron chi connectivity index (χ1n) is 5.47. The van der Waals surface area contributed by atoms with Gasteiger partial charge in [0, 0.05) is 30.8 Å². The summed E-state index contributed by atoms with van der Waals surface area (Å²) in [5.74, 6) is 0.451. The molecule has 15 heavy (non-hydrogen) atoms. The second-order valence-corrected chi connectivity index (χ2v) is 4.28. The number of ether oxygens (including phenoxy) is 1. The van der Waals surface area contributed by atoms with Crippen LogP contribution in [-0.4, -0.2) is 22.9 Å². The first kappa shape index (κ1) is 10.6. The molecule has 0 spiro atoms. The summed E-state index contributed by atoms with van der Waals surface area (Å²) in [7, 11) is 1.97. The lowest BCUT2D eigenvalue weighted by molar-refractivity contribution is 0.0914. The van der Waals surface area contributed by atoms with E-state index in [1.54, 1.807) is 0 Å². The molecule has 1 aromatic rings. The molecule has 0 unspecified atom stereocenters. The van der Waals surface area contributed by atoms with Gasteiger partial charge in [0.05, 0.1) is 11.8 Å². The molecule has 1 fully saturated rings. The highest BCUT2D eigenvalue weighted by Gasteiger charge is 2.32. The largest absolute Gasteiger partial charge is 0.373 e. The van der Waals surface area contributed by atoms with Gasteiger partial charge in [-0.25, -0.2) is 0 Å². The van der Waals surface area contributed by atoms with Crippen molar-refractivity contribution in [2.75, 3.05) is 13.2 Å². The minimum atomic E-state index is 0.156. The van der Waals surface area contributed by atoms with Gasteiger partial charge < -0.3 is 10.5 Å². The number of hydrogen-bond acceptors (Lipinski definition) is 3. The number of nitrogens with two attached hydrogens (primary N) is 1. The molecule has 84 valence electrons. The molecule has 2 atom stereocenters. The molecular formula is C11H19N3O. The van der Waals surface area contributed by atoms with Gasteiger partial charge in [0.1, 0.15) is 0 Å². The van der Waals surface area contributed by atoms with Crippen molar-refractivity contribution in [2.24, 2.45) is 18.7 Å². The molecule has 1 aliphatic heterocycles. The Hall–Kier alpha value is -0.870. The zero-order valence-electron chi connectivity index (χ0n) is 9.66. The van der Waals surface area contributed by atoms with E-state index in [4.69, 9.17) is 10.5 Å². The van der Waals surface area contributed by atoms with Gasteiger partial charge >= 0.3 is 0 Å². The summed E-state index contributed by atoms with van der Waals surface area (Å²) in [6, 6.07) is 0. The lowest BCUT2D eigenvalue weighted by Gasteiger charge is -2.17. The molecule has 4 nitrogen and oxygen atoms in total. The summed E-state index contributed by atoms with van der Waals surface area (Å²) < 4.78 is 7.70. The third kappa shape index (κ3) is 1.68. The Morgan fingerprint density at radius 3 is 2.80 bits per heavy atom. The van der Waals surface area contributed by atoms with E-state index in [1.807, 2.05) is 18.7 Å². The highest BCUT2D eigenvalue weighted by atomic mass is 16.5. The van der Waals surface area contributed by atoms with Crippen LogP contribution in [0.4, 0.5) is 0 Å². The maximum Gasteiger partial charge on any atom is 0.0901 e. The van der Waals surface area contributed by atoms with Crippen molar-refractivity contribution in [2.45, 2.75) is 26.4 Å². The molecule has 0 amide bonds. The summed E-state index contributed by atoms with van der Waals surface area (Å²) in [4.78, 5) is 0. The van der Waals surface area contributed by atoms with Crippen molar-refractivity contribution in [1.82, 2.24) is 9.78 Å². The van der Waals surface area contributed by atoms with Crippen LogP contribution < -0.4 is 5.73 Å². The zero-order chi connectivity index (χ0) is 11.0. The van der Waals surface area contributed by atoms with Gasteiger partial charge in [0.15, 0.2) is 0 Å². The molecule has 0 aliphatic carbocycles. The number of rotatable bonds is 2. The predicted octanol–water partition coefficient (Wildman–Crippen LogP) is 1.07. The Labute approximate surface area is 90.4 Å². The summed E-state index contributed by atoms with van der Waals surface area (Å²) in [6.45, 7) is 5.64. The Bertz CT molecular complexity index is 359. The smallest absolute Gasteiger partial charge is 0.0901 e. The molecule has 0 bridgehead atoms. The van der Waals surface area contributed by atoms with E-state index in [2.05, 4.69) is 12.0 Å². The number of nitrogens with zero attached hydrogens (tertiary/aromatic N) is 2. The maximum absolute atomic E-state index is 5.78. The molecule has 2 rings (SSSR count). The van der Waals surface area contributed by atoms with Crippen LogP contribution in [0, 0.1) is 19.8 Å². The second kappa shape index (κ2) is 3.94. The molecule has 0 saturated carbocycles. The number of aromatic nitrogens is 2. The van der Waals surface area contributed by atoms with Gasteiger partial charge in [-0.2, -0.15) is 5.10 Å². The highest BCUT2D eigenvalue weighted by Crippen LogP contribution is 2.36. The molecular weight excluding hydrogens is 190 g/mol. The van der Waals surface area contributed by atoms with Crippen molar-refractivity contribution in [1.29, 1.82) is 0 Å². The SMILES string of the molecule is Cc1nn(C)c(C)c1[C@@H]1OCC[C@H]1CN. The summed E-state index contributed by atoms with van der Waals surface area (Å²) >= 11 is 0. The standard InChI is InChI=1S/C11H19N3O/c1-7-10(8(2)14(3)13-7)11-9(6-12)4-5-15-11/h9,11H,4-6,12H2,1-3H3/t9-,11+/m0/s1. The predicted molar refractivity (Wildman–Crippen MR) is 58.5 cm³/mol. The maximum atomic E-state index is 5.78. The minimum Gasteiger partial charge on any atom is -0.373 e. The van der Waals surface area contributed by atoms with Crippen molar-refractivity contribution < 1.29 is 4.74 Å². The lowest BCUT2D eigenvalue weighted by Crippen LogP contribution is -2.18. The normalized spacial score (nSPS) is 26.1. The highest BCUT2D eigenvalue weighted by molar-refractivity contribution is 5.28. The number of hydrogen-bond donors (Lipinski definition) is 1. The zero-order valence-corrected chi connectivity index (χ0v) is 9.66. The molecule has 1 saturated heterocycles. The molecule has 0 radical (unpaired) electrons. The third-order valence-corrected chi connectivity index (χ3v) is 3.37. The third-order valence-electron chi connectivity index (χ3n) is 3.37. The van der Waals surface area contributed by atoms with Gasteiger partial charge in [-0.1, -0.05) is 0 Å². The van der Waals surface area contributed by atoms with Gasteiger partial charge in [0.2, 0.25) is 0 Å². The lowest BCUT2D eigenvalue weighted by atomic mass is 9.94. The van der Waals surface area contributed by atoms with Gasteiger partial charge in [0.25, 0.3) is 0 Å². The Morgan fingerprint density at radius 1 is 1.53 bits per heavy atom. The minimum absolute atomic E-state index is 0.156. The fourth-order valence-electron chi connectivity index (χ4n) is 2.40. The average Bonchev–Trinajstić information content (AvgIpc) is 2.73. The van der Waals surface area contributed by atoms with Crippen LogP contribution in [0.3, 0.4) is 0 Å². The van der Waals surface area contributed by atoms with Gasteiger partial charge in [-0.05, 0) is 26.8 Å². The van der Waals surface area contributed by atoms with E-state index >= 15 is 0 Å². The van der Waals surface area contributed by atoms with Crippen molar-refractivity contribution in [3.63, 3.8) is 0 Å². The first-order chi connectivity index (χ1) is 7.15. The Kier molecular flexibility index (Phi) is 2.80. The monoisotopic (exact) mass is 209 g/mol. The Morgan fingerprint density at radius 2 is 2.27 bits per heavy atom. The molecule has 1 aromatic heterocycles. The van der Waals surface area contributed by atoms with Gasteiger partial charge in [-0.3, -0.25) is 4.68 Å². The van der Waals surface area contributed by atoms with E-state index < -0.39 is 0 Å². The summed E-state index contributed by atoms with van der Waals surface area (Å²) in [5.41, 5.74) is 9.26. The van der Waals surface area contributed by atoms with Crippen LogP contribution in [0.5, 0.6) is 0 Å². The first-order valence-corrected chi connectivity index (χ1v) is 5.47. The van der Waals surface area contributed by atoms with Crippen LogP contribution in [0.15, 0.2) is 0 Å². The second-order valence-electron chi connectivity index (χ2n) is 4.28. The van der Waals surface area contributed by atoms with E-state index in [0.717, 1.165) is 18.7 Å². The van der Waals surface area contributed by atoms with E-state index in [9.17, 15) is 0 Å². The van der Waals surface area contributed by atoms with Crippen LogP contribution >= 0.6 is 0 Å². The van der Waals surface area contributed by atoms with Crippen LogP contribution in [0.2, 0.25) is 0 Å². The average molecular weight is 209 g/mol. The van der Waals surface area contributed by atoms with Crippen molar-refractivity contribution in [3.05, 3.63) is 17.0 Å². The number of aryl methyl sites for hydroxylation is 2. The van der Waals surface area contributed by atoms with Crippen LogP contribution in [-0.2, 0) is 11.8 Å². The molecule has 0 aromatic carbocycles. The molecule has 4 heteroatoms. The quantitative estimate of drug-likeness (QED) is 0.792. The van der Waals surface area contributed by atoms with Crippen molar-refractivity contribution in [3.8, 4) is 0 Å². The van der Waals surface area contributed by atoms with E-state index in [1.165, 1.54) is 11.3 Å². The fraction of sp³-hybridized carbons (Fsp3) is 0.727. The fourth-order valence-corrected chi connectivity index (χ4v) is 2.40. The molecule has 2 N–H and O–H groups in total. The van der Waals surface area contributed by atoms with Gasteiger partial charge in [-0.15, -0.1) is 0 Å².